The maximum absolute atomic E-state index is 12.9. The molecule has 0 spiro atoms. The van der Waals surface area contributed by atoms with E-state index in [0.29, 0.717) is 29.9 Å². The van der Waals surface area contributed by atoms with Crippen LogP contribution in [-0.2, 0) is 20.8 Å². The molecule has 134 valence electrons. The van der Waals surface area contributed by atoms with Gasteiger partial charge in [0.1, 0.15) is 4.90 Å². The molecule has 0 amide bonds. The first-order valence-corrected chi connectivity index (χ1v) is 11.1. The van der Waals surface area contributed by atoms with Gasteiger partial charge in [0, 0.05) is 33.2 Å². The predicted molar refractivity (Wildman–Crippen MR) is 96.2 cm³/mol. The molecule has 8 heteroatoms. The lowest BCUT2D eigenvalue weighted by molar-refractivity contribution is 0.434. The first kappa shape index (κ1) is 17.8. The van der Waals surface area contributed by atoms with Crippen molar-refractivity contribution in [1.82, 2.24) is 9.62 Å². The number of nitrogens with one attached hydrogen (secondary N) is 1. The van der Waals surface area contributed by atoms with Crippen molar-refractivity contribution < 1.29 is 12.6 Å². The standard InChI is InChI=1S/C16H25N3O3S2/c1-18-12-23(20)16-14(18)8-5-9-15(16)24(21,22)19(2)11-10-17-13-6-3-4-7-13/h5,8-9,13,17H,3-4,6-7,10-12H2,1-2H3. The normalized spacial score (nSPS) is 21.6. The maximum Gasteiger partial charge on any atom is 0.244 e. The van der Waals surface area contributed by atoms with E-state index in [9.17, 15) is 12.6 Å². The van der Waals surface area contributed by atoms with Gasteiger partial charge in [-0.1, -0.05) is 18.9 Å². The smallest absolute Gasteiger partial charge is 0.244 e. The molecule has 2 aliphatic rings. The molecule has 1 aliphatic carbocycles. The van der Waals surface area contributed by atoms with Crippen molar-refractivity contribution in [3.8, 4) is 0 Å². The van der Waals surface area contributed by atoms with Crippen molar-refractivity contribution in [2.24, 2.45) is 0 Å². The highest BCUT2D eigenvalue weighted by Crippen LogP contribution is 2.36. The Balaban J connectivity index is 1.74. The first-order valence-electron chi connectivity index (χ1n) is 8.33. The van der Waals surface area contributed by atoms with Gasteiger partial charge in [-0.25, -0.2) is 8.42 Å². The van der Waals surface area contributed by atoms with Gasteiger partial charge in [-0.15, -0.1) is 0 Å². The Labute approximate surface area is 146 Å². The zero-order valence-electron chi connectivity index (χ0n) is 14.2. The molecule has 3 rings (SSSR count). The number of fused-ring (bicyclic) bond motifs is 1. The minimum Gasteiger partial charge on any atom is -0.361 e. The summed E-state index contributed by atoms with van der Waals surface area (Å²) in [7, 11) is -1.53. The Hall–Kier alpha value is -0.960. The van der Waals surface area contributed by atoms with Crippen molar-refractivity contribution in [2.45, 2.75) is 41.5 Å². The van der Waals surface area contributed by atoms with E-state index in [4.69, 9.17) is 0 Å². The largest absolute Gasteiger partial charge is 0.361 e. The van der Waals surface area contributed by atoms with Crippen LogP contribution < -0.4 is 10.2 Å². The number of rotatable bonds is 6. The molecular weight excluding hydrogens is 346 g/mol. The van der Waals surface area contributed by atoms with Gasteiger partial charge in [0.15, 0.2) is 0 Å². The average Bonchev–Trinajstić information content (AvgIpc) is 3.16. The van der Waals surface area contributed by atoms with Gasteiger partial charge in [0.05, 0.1) is 27.3 Å². The second-order valence-corrected chi connectivity index (χ2v) is 9.91. The number of hydrogen-bond donors (Lipinski definition) is 1. The highest BCUT2D eigenvalue weighted by molar-refractivity contribution is 7.91. The van der Waals surface area contributed by atoms with Crippen molar-refractivity contribution in [3.63, 3.8) is 0 Å². The molecule has 0 radical (unpaired) electrons. The van der Waals surface area contributed by atoms with E-state index in [1.54, 1.807) is 19.2 Å². The molecule has 1 aromatic carbocycles. The quantitative estimate of drug-likeness (QED) is 0.818. The molecule has 1 atom stereocenters. The zero-order valence-corrected chi connectivity index (χ0v) is 15.8. The van der Waals surface area contributed by atoms with E-state index in [1.807, 2.05) is 18.0 Å². The monoisotopic (exact) mass is 371 g/mol. The van der Waals surface area contributed by atoms with Gasteiger partial charge < -0.3 is 10.2 Å². The minimum atomic E-state index is -3.64. The van der Waals surface area contributed by atoms with Crippen LogP contribution in [0.3, 0.4) is 0 Å². The third-order valence-electron chi connectivity index (χ3n) is 4.81. The number of nitrogens with zero attached hydrogens (tertiary/aromatic N) is 2. The molecule has 1 aromatic rings. The molecule has 1 unspecified atom stereocenters. The first-order chi connectivity index (χ1) is 11.4. The fourth-order valence-electron chi connectivity index (χ4n) is 3.39. The SMILES string of the molecule is CN1CS(=O)c2c1cccc2S(=O)(=O)N(C)CCNC1CCCC1. The molecule has 0 bridgehead atoms. The van der Waals surface area contributed by atoms with Crippen LogP contribution in [0.1, 0.15) is 25.7 Å². The summed E-state index contributed by atoms with van der Waals surface area (Å²) in [6, 6.07) is 5.62. The molecule has 0 aromatic heterocycles. The summed E-state index contributed by atoms with van der Waals surface area (Å²) in [5.41, 5.74) is 0.742. The fourth-order valence-corrected chi connectivity index (χ4v) is 6.61. The van der Waals surface area contributed by atoms with Gasteiger partial charge >= 0.3 is 0 Å². The van der Waals surface area contributed by atoms with E-state index in [2.05, 4.69) is 5.32 Å². The summed E-state index contributed by atoms with van der Waals surface area (Å²) in [4.78, 5) is 2.45. The Morgan fingerprint density at radius 3 is 2.75 bits per heavy atom. The molecule has 6 nitrogen and oxygen atoms in total. The molecule has 1 aliphatic heterocycles. The number of likely N-dealkylation sites (N-methyl/N-ethyl adjacent to an activating group) is 1. The number of sulfonamides is 1. The molecule has 1 heterocycles. The topological polar surface area (TPSA) is 69.7 Å². The summed E-state index contributed by atoms with van der Waals surface area (Å²) in [5.74, 6) is 0.342. The van der Waals surface area contributed by atoms with E-state index < -0.39 is 20.8 Å². The van der Waals surface area contributed by atoms with Gasteiger partial charge in [-0.2, -0.15) is 4.31 Å². The van der Waals surface area contributed by atoms with Crippen LogP contribution in [0.5, 0.6) is 0 Å². The molecule has 0 saturated heterocycles. The summed E-state index contributed by atoms with van der Waals surface area (Å²) in [6.45, 7) is 1.05. The molecule has 1 saturated carbocycles. The van der Waals surface area contributed by atoms with E-state index in [0.717, 1.165) is 5.69 Å². The van der Waals surface area contributed by atoms with Crippen LogP contribution in [-0.4, -0.2) is 56.0 Å². The van der Waals surface area contributed by atoms with Gasteiger partial charge in [-0.3, -0.25) is 4.21 Å². The highest BCUT2D eigenvalue weighted by Gasteiger charge is 2.33. The summed E-state index contributed by atoms with van der Waals surface area (Å²) < 4.78 is 39.5. The maximum atomic E-state index is 12.9. The Kier molecular flexibility index (Phi) is 5.29. The fraction of sp³-hybridized carbons (Fsp3) is 0.625. The molecule has 1 N–H and O–H groups in total. The Morgan fingerprint density at radius 2 is 2.04 bits per heavy atom. The average molecular weight is 372 g/mol. The summed E-state index contributed by atoms with van der Waals surface area (Å²) >= 11 is 0. The van der Waals surface area contributed by atoms with Crippen LogP contribution in [0.4, 0.5) is 5.69 Å². The number of anilines is 1. The van der Waals surface area contributed by atoms with Crippen LogP contribution in [0, 0.1) is 0 Å². The van der Waals surface area contributed by atoms with Gasteiger partial charge in [0.2, 0.25) is 10.0 Å². The van der Waals surface area contributed by atoms with Crippen LogP contribution in [0.15, 0.2) is 28.0 Å². The summed E-state index contributed by atoms with van der Waals surface area (Å²) in [5, 5.41) is 3.43. The van der Waals surface area contributed by atoms with Crippen molar-refractivity contribution in [3.05, 3.63) is 18.2 Å². The van der Waals surface area contributed by atoms with Crippen molar-refractivity contribution >= 4 is 26.5 Å². The third-order valence-corrected chi connectivity index (χ3v) is 8.35. The van der Waals surface area contributed by atoms with E-state index in [-0.39, 0.29) is 4.90 Å². The van der Waals surface area contributed by atoms with Gasteiger partial charge in [-0.05, 0) is 25.0 Å². The van der Waals surface area contributed by atoms with Crippen LogP contribution in [0.25, 0.3) is 0 Å². The number of hydrogen-bond acceptors (Lipinski definition) is 5. The third kappa shape index (κ3) is 3.37. The lowest BCUT2D eigenvalue weighted by Crippen LogP contribution is -2.37. The lowest BCUT2D eigenvalue weighted by atomic mass is 10.2. The molecular formula is C16H25N3O3S2. The van der Waals surface area contributed by atoms with E-state index in [1.165, 1.54) is 30.0 Å². The second kappa shape index (κ2) is 7.11. The second-order valence-electron chi connectivity index (χ2n) is 6.54. The molecule has 24 heavy (non-hydrogen) atoms. The predicted octanol–water partition coefficient (Wildman–Crippen LogP) is 1.35. The van der Waals surface area contributed by atoms with E-state index >= 15 is 0 Å². The molecule has 1 fully saturated rings. The van der Waals surface area contributed by atoms with Gasteiger partial charge in [0.25, 0.3) is 0 Å². The summed E-state index contributed by atoms with van der Waals surface area (Å²) in [6.07, 6.45) is 4.85. The van der Waals surface area contributed by atoms with Crippen molar-refractivity contribution in [1.29, 1.82) is 0 Å². The van der Waals surface area contributed by atoms with Crippen LogP contribution in [0.2, 0.25) is 0 Å². The van der Waals surface area contributed by atoms with Crippen LogP contribution >= 0.6 is 0 Å². The van der Waals surface area contributed by atoms with Crippen molar-refractivity contribution in [2.75, 3.05) is 38.0 Å². The Bertz CT molecular complexity index is 730. The number of benzene rings is 1. The minimum absolute atomic E-state index is 0.172. The lowest BCUT2D eigenvalue weighted by Gasteiger charge is -2.20. The highest BCUT2D eigenvalue weighted by atomic mass is 32.2. The zero-order chi connectivity index (χ0) is 17.3. The Morgan fingerprint density at radius 1 is 1.33 bits per heavy atom.